The molecule has 0 aliphatic heterocycles. The summed E-state index contributed by atoms with van der Waals surface area (Å²) in [4.78, 5) is 10.2. The molecular weight excluding hydrogens is 216 g/mol. The van der Waals surface area contributed by atoms with Gasteiger partial charge in [-0.3, -0.25) is 10.1 Å². The lowest BCUT2D eigenvalue weighted by Crippen LogP contribution is -2.54. The number of nitro groups is 1. The van der Waals surface area contributed by atoms with Gasteiger partial charge in [0, 0.05) is 18.2 Å². The van der Waals surface area contributed by atoms with Gasteiger partial charge in [-0.2, -0.15) is 0 Å². The highest BCUT2D eigenvalue weighted by Crippen LogP contribution is 2.52. The summed E-state index contributed by atoms with van der Waals surface area (Å²) in [6, 6.07) is 7.49. The van der Waals surface area contributed by atoms with Crippen molar-refractivity contribution in [2.75, 3.05) is 7.05 Å². The lowest BCUT2D eigenvalue weighted by Gasteiger charge is -2.52. The first-order valence-corrected chi connectivity index (χ1v) is 5.88. The summed E-state index contributed by atoms with van der Waals surface area (Å²) in [6.45, 7) is 4.48. The molecule has 1 aliphatic rings. The first-order valence-electron chi connectivity index (χ1n) is 5.88. The number of non-ortho nitro benzene ring substituents is 1. The van der Waals surface area contributed by atoms with Crippen molar-refractivity contribution in [2.24, 2.45) is 5.41 Å². The zero-order chi connectivity index (χ0) is 12.6. The molecule has 0 saturated heterocycles. The Morgan fingerprint density at radius 3 is 2.35 bits per heavy atom. The Kier molecular flexibility index (Phi) is 2.91. The molecule has 4 heteroatoms. The number of benzene rings is 1. The smallest absolute Gasteiger partial charge is 0.269 e. The lowest BCUT2D eigenvalue weighted by molar-refractivity contribution is -0.384. The van der Waals surface area contributed by atoms with Crippen LogP contribution in [-0.2, 0) is 0 Å². The molecule has 92 valence electrons. The highest BCUT2D eigenvalue weighted by atomic mass is 16.6. The highest BCUT2D eigenvalue weighted by Gasteiger charge is 2.47. The third-order valence-electron chi connectivity index (χ3n) is 4.12. The van der Waals surface area contributed by atoms with E-state index in [1.165, 1.54) is 5.56 Å². The first-order chi connectivity index (χ1) is 7.96. The van der Waals surface area contributed by atoms with Crippen LogP contribution in [-0.4, -0.2) is 18.0 Å². The van der Waals surface area contributed by atoms with Gasteiger partial charge in [0.25, 0.3) is 5.69 Å². The summed E-state index contributed by atoms with van der Waals surface area (Å²) in [5.74, 6) is 0.487. The molecule has 0 radical (unpaired) electrons. The van der Waals surface area contributed by atoms with Crippen LogP contribution in [0.5, 0.6) is 0 Å². The van der Waals surface area contributed by atoms with E-state index >= 15 is 0 Å². The normalized spacial score (nSPS) is 26.3. The Morgan fingerprint density at radius 2 is 1.94 bits per heavy atom. The van der Waals surface area contributed by atoms with E-state index in [1.807, 2.05) is 19.2 Å². The highest BCUT2D eigenvalue weighted by molar-refractivity contribution is 5.36. The molecule has 1 fully saturated rings. The maximum atomic E-state index is 10.6. The minimum atomic E-state index is -0.355. The first kappa shape index (κ1) is 12.0. The van der Waals surface area contributed by atoms with Crippen molar-refractivity contribution >= 4 is 5.69 Å². The lowest BCUT2D eigenvalue weighted by atomic mass is 9.56. The van der Waals surface area contributed by atoms with Crippen molar-refractivity contribution in [2.45, 2.75) is 32.2 Å². The molecule has 1 aromatic rings. The van der Waals surface area contributed by atoms with Crippen molar-refractivity contribution in [3.05, 3.63) is 39.9 Å². The van der Waals surface area contributed by atoms with Crippen LogP contribution in [0, 0.1) is 15.5 Å². The number of rotatable bonds is 3. The Balaban J connectivity index is 2.17. The van der Waals surface area contributed by atoms with Crippen molar-refractivity contribution < 1.29 is 4.92 Å². The van der Waals surface area contributed by atoms with Crippen molar-refractivity contribution in [3.8, 4) is 0 Å². The monoisotopic (exact) mass is 234 g/mol. The number of nitrogens with one attached hydrogen (secondary N) is 1. The van der Waals surface area contributed by atoms with Crippen molar-refractivity contribution in [1.82, 2.24) is 5.32 Å². The molecule has 2 atom stereocenters. The van der Waals surface area contributed by atoms with Crippen molar-refractivity contribution in [1.29, 1.82) is 0 Å². The van der Waals surface area contributed by atoms with Gasteiger partial charge in [-0.1, -0.05) is 26.0 Å². The summed E-state index contributed by atoms with van der Waals surface area (Å²) in [7, 11) is 1.98. The fourth-order valence-corrected chi connectivity index (χ4v) is 2.81. The minimum Gasteiger partial charge on any atom is -0.316 e. The van der Waals surface area contributed by atoms with E-state index in [2.05, 4.69) is 19.2 Å². The quantitative estimate of drug-likeness (QED) is 0.646. The topological polar surface area (TPSA) is 55.2 Å². The predicted octanol–water partition coefficient (Wildman–Crippen LogP) is 2.70. The molecule has 1 N–H and O–H groups in total. The molecule has 1 aromatic carbocycles. The Hall–Kier alpha value is -1.42. The molecule has 4 nitrogen and oxygen atoms in total. The number of hydrogen-bond acceptors (Lipinski definition) is 3. The third kappa shape index (κ3) is 1.93. The Bertz CT molecular complexity index is 426. The van der Waals surface area contributed by atoms with E-state index < -0.39 is 0 Å². The predicted molar refractivity (Wildman–Crippen MR) is 67.1 cm³/mol. The molecule has 1 saturated carbocycles. The second-order valence-corrected chi connectivity index (χ2v) is 5.30. The van der Waals surface area contributed by atoms with Gasteiger partial charge in [0.2, 0.25) is 0 Å². The average molecular weight is 234 g/mol. The van der Waals surface area contributed by atoms with Gasteiger partial charge in [-0.25, -0.2) is 0 Å². The molecule has 0 amide bonds. The maximum absolute atomic E-state index is 10.6. The van der Waals surface area contributed by atoms with E-state index in [4.69, 9.17) is 0 Å². The Morgan fingerprint density at radius 1 is 1.35 bits per heavy atom. The second kappa shape index (κ2) is 4.11. The molecule has 0 aromatic heterocycles. The van der Waals surface area contributed by atoms with Gasteiger partial charge in [0.1, 0.15) is 0 Å². The molecule has 2 unspecified atom stereocenters. The molecule has 0 bridgehead atoms. The summed E-state index contributed by atoms with van der Waals surface area (Å²) in [6.07, 6.45) is 1.10. The van der Waals surface area contributed by atoms with Crippen LogP contribution in [0.1, 0.15) is 31.7 Å². The van der Waals surface area contributed by atoms with Crippen LogP contribution < -0.4 is 5.32 Å². The molecule has 0 heterocycles. The third-order valence-corrected chi connectivity index (χ3v) is 4.12. The van der Waals surface area contributed by atoms with E-state index in [0.29, 0.717) is 12.0 Å². The zero-order valence-corrected chi connectivity index (χ0v) is 10.4. The largest absolute Gasteiger partial charge is 0.316 e. The molecule has 0 spiro atoms. The Labute approximate surface area is 101 Å². The van der Waals surface area contributed by atoms with Gasteiger partial charge >= 0.3 is 0 Å². The van der Waals surface area contributed by atoms with Crippen LogP contribution in [0.25, 0.3) is 0 Å². The summed E-state index contributed by atoms with van der Waals surface area (Å²) >= 11 is 0. The van der Waals surface area contributed by atoms with E-state index in [-0.39, 0.29) is 16.0 Å². The molecule has 2 rings (SSSR count). The van der Waals surface area contributed by atoms with Crippen LogP contribution in [0.15, 0.2) is 24.3 Å². The zero-order valence-electron chi connectivity index (χ0n) is 10.4. The van der Waals surface area contributed by atoms with Gasteiger partial charge in [-0.15, -0.1) is 0 Å². The fourth-order valence-electron chi connectivity index (χ4n) is 2.81. The number of nitro benzene ring substituents is 1. The SMILES string of the molecule is CNC1CC(c2ccc([N+](=O)[O-])cc2)C1(C)C. The summed E-state index contributed by atoms with van der Waals surface area (Å²) in [5, 5.41) is 13.9. The van der Waals surface area contributed by atoms with Crippen molar-refractivity contribution in [3.63, 3.8) is 0 Å². The van der Waals surface area contributed by atoms with Crippen LogP contribution in [0.4, 0.5) is 5.69 Å². The van der Waals surface area contributed by atoms with E-state index in [9.17, 15) is 10.1 Å². The summed E-state index contributed by atoms with van der Waals surface area (Å²) < 4.78 is 0. The second-order valence-electron chi connectivity index (χ2n) is 5.30. The van der Waals surface area contributed by atoms with Crippen LogP contribution in [0.2, 0.25) is 0 Å². The molecular formula is C13H18N2O2. The van der Waals surface area contributed by atoms with Gasteiger partial charge in [0.05, 0.1) is 4.92 Å². The number of hydrogen-bond donors (Lipinski definition) is 1. The molecule has 17 heavy (non-hydrogen) atoms. The van der Waals surface area contributed by atoms with Crippen LogP contribution in [0.3, 0.4) is 0 Å². The van der Waals surface area contributed by atoms with E-state index in [1.54, 1.807) is 12.1 Å². The van der Waals surface area contributed by atoms with E-state index in [0.717, 1.165) is 6.42 Å². The van der Waals surface area contributed by atoms with Gasteiger partial charge in [0.15, 0.2) is 0 Å². The average Bonchev–Trinajstić information content (AvgIpc) is 2.29. The summed E-state index contributed by atoms with van der Waals surface area (Å²) in [5.41, 5.74) is 1.58. The van der Waals surface area contributed by atoms with Gasteiger partial charge in [-0.05, 0) is 30.4 Å². The van der Waals surface area contributed by atoms with Crippen LogP contribution >= 0.6 is 0 Å². The maximum Gasteiger partial charge on any atom is 0.269 e. The molecule has 1 aliphatic carbocycles. The number of nitrogens with zero attached hydrogens (tertiary/aromatic N) is 1. The fraction of sp³-hybridized carbons (Fsp3) is 0.538. The van der Waals surface area contributed by atoms with Gasteiger partial charge < -0.3 is 5.32 Å². The standard InChI is InChI=1S/C13H18N2O2/c1-13(2)11(8-12(13)14-3)9-4-6-10(7-5-9)15(16)17/h4-7,11-12,14H,8H2,1-3H3. The minimum absolute atomic E-state index is 0.163.